The van der Waals surface area contributed by atoms with Crippen molar-refractivity contribution in [3.05, 3.63) is 89.5 Å². The molecule has 134 valence electrons. The Morgan fingerprint density at radius 3 is 2.70 bits per heavy atom. The van der Waals surface area contributed by atoms with Crippen LogP contribution >= 0.6 is 0 Å². The minimum Gasteiger partial charge on any atom is -0.352 e. The van der Waals surface area contributed by atoms with Gasteiger partial charge in [-0.05, 0) is 48.7 Å². The summed E-state index contributed by atoms with van der Waals surface area (Å²) in [5, 5.41) is 2.99. The van der Waals surface area contributed by atoms with Gasteiger partial charge in [0, 0.05) is 17.7 Å². The predicted molar refractivity (Wildman–Crippen MR) is 109 cm³/mol. The first-order valence-electron chi connectivity index (χ1n) is 9.08. The highest BCUT2D eigenvalue weighted by Crippen LogP contribution is 2.22. The summed E-state index contributed by atoms with van der Waals surface area (Å²) in [5.74, 6) is 0.703. The topological polar surface area (TPSA) is 57.8 Å². The Labute approximate surface area is 158 Å². The SMILES string of the molecule is Cc1ccc2nc(-c3cccc(C(=O)NCCc4ccccc4)c3)[nH]c2c1. The molecule has 0 aliphatic carbocycles. The molecule has 0 unspecified atom stereocenters. The van der Waals surface area contributed by atoms with Gasteiger partial charge < -0.3 is 10.3 Å². The van der Waals surface area contributed by atoms with Crippen molar-refractivity contribution in [3.63, 3.8) is 0 Å². The summed E-state index contributed by atoms with van der Waals surface area (Å²) in [7, 11) is 0. The molecule has 1 heterocycles. The molecule has 3 aromatic carbocycles. The monoisotopic (exact) mass is 355 g/mol. The summed E-state index contributed by atoms with van der Waals surface area (Å²) in [6.45, 7) is 2.66. The molecule has 1 aromatic heterocycles. The standard InChI is InChI=1S/C23H21N3O/c1-16-10-11-20-21(14-16)26-22(25-20)18-8-5-9-19(15-18)23(27)24-13-12-17-6-3-2-4-7-17/h2-11,14-15H,12-13H2,1H3,(H,24,27)(H,25,26). The zero-order valence-electron chi connectivity index (χ0n) is 15.2. The van der Waals surface area contributed by atoms with Gasteiger partial charge in [0.05, 0.1) is 11.0 Å². The molecule has 4 heteroatoms. The van der Waals surface area contributed by atoms with E-state index in [0.717, 1.165) is 28.8 Å². The van der Waals surface area contributed by atoms with Crippen LogP contribution in [0.4, 0.5) is 0 Å². The van der Waals surface area contributed by atoms with Crippen molar-refractivity contribution in [2.24, 2.45) is 0 Å². The second-order valence-electron chi connectivity index (χ2n) is 6.68. The molecule has 4 rings (SSSR count). The molecule has 4 nitrogen and oxygen atoms in total. The quantitative estimate of drug-likeness (QED) is 0.553. The van der Waals surface area contributed by atoms with Crippen molar-refractivity contribution < 1.29 is 4.79 Å². The molecule has 0 radical (unpaired) electrons. The average molecular weight is 355 g/mol. The number of hydrogen-bond donors (Lipinski definition) is 2. The maximum atomic E-state index is 12.5. The Morgan fingerprint density at radius 2 is 1.85 bits per heavy atom. The first-order valence-corrected chi connectivity index (χ1v) is 9.08. The number of carbonyl (C=O) groups is 1. The van der Waals surface area contributed by atoms with E-state index >= 15 is 0 Å². The number of fused-ring (bicyclic) bond motifs is 1. The van der Waals surface area contributed by atoms with Gasteiger partial charge in [-0.2, -0.15) is 0 Å². The number of aromatic nitrogens is 2. The number of nitrogens with zero attached hydrogens (tertiary/aromatic N) is 1. The normalized spacial score (nSPS) is 10.9. The van der Waals surface area contributed by atoms with E-state index in [1.165, 1.54) is 11.1 Å². The van der Waals surface area contributed by atoms with E-state index in [-0.39, 0.29) is 5.91 Å². The van der Waals surface area contributed by atoms with Crippen LogP contribution in [0, 0.1) is 6.92 Å². The lowest BCUT2D eigenvalue weighted by Gasteiger charge is -2.06. The van der Waals surface area contributed by atoms with Gasteiger partial charge in [-0.1, -0.05) is 48.5 Å². The van der Waals surface area contributed by atoms with Gasteiger partial charge in [0.2, 0.25) is 0 Å². The molecule has 0 aliphatic rings. The largest absolute Gasteiger partial charge is 0.352 e. The van der Waals surface area contributed by atoms with Gasteiger partial charge in [0.25, 0.3) is 5.91 Å². The summed E-state index contributed by atoms with van der Waals surface area (Å²) < 4.78 is 0. The molecule has 0 fully saturated rings. The number of carbonyl (C=O) groups excluding carboxylic acids is 1. The highest BCUT2D eigenvalue weighted by molar-refractivity contribution is 5.95. The Balaban J connectivity index is 1.48. The van der Waals surface area contributed by atoms with Gasteiger partial charge in [-0.25, -0.2) is 4.98 Å². The van der Waals surface area contributed by atoms with E-state index in [1.54, 1.807) is 0 Å². The fraction of sp³-hybridized carbons (Fsp3) is 0.130. The van der Waals surface area contributed by atoms with Crippen molar-refractivity contribution in [3.8, 4) is 11.4 Å². The second-order valence-corrected chi connectivity index (χ2v) is 6.68. The zero-order valence-corrected chi connectivity index (χ0v) is 15.2. The lowest BCUT2D eigenvalue weighted by atomic mass is 10.1. The van der Waals surface area contributed by atoms with Gasteiger partial charge >= 0.3 is 0 Å². The Kier molecular flexibility index (Phi) is 4.71. The minimum absolute atomic E-state index is 0.0697. The van der Waals surface area contributed by atoms with Crippen LogP contribution in [0.2, 0.25) is 0 Å². The van der Waals surface area contributed by atoms with Crippen molar-refractivity contribution in [2.45, 2.75) is 13.3 Å². The summed E-state index contributed by atoms with van der Waals surface area (Å²) in [4.78, 5) is 20.5. The Hall–Kier alpha value is -3.40. The number of aryl methyl sites for hydroxylation is 1. The van der Waals surface area contributed by atoms with Gasteiger partial charge in [0.15, 0.2) is 0 Å². The molecule has 2 N–H and O–H groups in total. The first kappa shape index (κ1) is 17.0. The third kappa shape index (κ3) is 3.90. The van der Waals surface area contributed by atoms with Crippen LogP contribution in [-0.2, 0) is 6.42 Å². The van der Waals surface area contributed by atoms with Crippen molar-refractivity contribution in [1.82, 2.24) is 15.3 Å². The van der Waals surface area contributed by atoms with E-state index < -0.39 is 0 Å². The lowest BCUT2D eigenvalue weighted by molar-refractivity contribution is 0.0954. The third-order valence-corrected chi connectivity index (χ3v) is 4.58. The van der Waals surface area contributed by atoms with E-state index in [0.29, 0.717) is 12.1 Å². The predicted octanol–water partition coefficient (Wildman–Crippen LogP) is 4.51. The number of aromatic amines is 1. The number of H-pyrrole nitrogens is 1. The smallest absolute Gasteiger partial charge is 0.251 e. The number of amides is 1. The number of benzene rings is 3. The van der Waals surface area contributed by atoms with Crippen molar-refractivity contribution in [2.75, 3.05) is 6.54 Å². The van der Waals surface area contributed by atoms with E-state index in [2.05, 4.69) is 40.4 Å². The zero-order chi connectivity index (χ0) is 18.6. The maximum Gasteiger partial charge on any atom is 0.251 e. The van der Waals surface area contributed by atoms with Crippen LogP contribution in [0.1, 0.15) is 21.5 Å². The average Bonchev–Trinajstić information content (AvgIpc) is 3.12. The van der Waals surface area contributed by atoms with Gasteiger partial charge in [-0.15, -0.1) is 0 Å². The van der Waals surface area contributed by atoms with Gasteiger partial charge in [0.1, 0.15) is 5.82 Å². The molecule has 0 bridgehead atoms. The number of hydrogen-bond acceptors (Lipinski definition) is 2. The maximum absolute atomic E-state index is 12.5. The Morgan fingerprint density at radius 1 is 1.00 bits per heavy atom. The summed E-state index contributed by atoms with van der Waals surface area (Å²) in [6.07, 6.45) is 0.815. The third-order valence-electron chi connectivity index (χ3n) is 4.58. The van der Waals surface area contributed by atoms with E-state index in [1.807, 2.05) is 54.6 Å². The highest BCUT2D eigenvalue weighted by Gasteiger charge is 2.10. The minimum atomic E-state index is -0.0697. The molecule has 0 saturated heterocycles. The van der Waals surface area contributed by atoms with Crippen LogP contribution < -0.4 is 5.32 Å². The first-order chi connectivity index (χ1) is 13.2. The second kappa shape index (κ2) is 7.46. The summed E-state index contributed by atoms with van der Waals surface area (Å²) >= 11 is 0. The molecule has 0 spiro atoms. The Bertz CT molecular complexity index is 1080. The van der Waals surface area contributed by atoms with Crippen molar-refractivity contribution >= 4 is 16.9 Å². The molecule has 27 heavy (non-hydrogen) atoms. The van der Waals surface area contributed by atoms with Crippen LogP contribution in [0.25, 0.3) is 22.4 Å². The molecule has 1 amide bonds. The fourth-order valence-corrected chi connectivity index (χ4v) is 3.14. The van der Waals surface area contributed by atoms with Crippen LogP contribution in [0.3, 0.4) is 0 Å². The van der Waals surface area contributed by atoms with Crippen LogP contribution in [0.5, 0.6) is 0 Å². The highest BCUT2D eigenvalue weighted by atomic mass is 16.1. The summed E-state index contributed by atoms with van der Waals surface area (Å²) in [6, 6.07) is 23.8. The molecular formula is C23H21N3O. The van der Waals surface area contributed by atoms with Crippen molar-refractivity contribution in [1.29, 1.82) is 0 Å². The molecule has 4 aromatic rings. The number of imidazole rings is 1. The van der Waals surface area contributed by atoms with Crippen LogP contribution in [-0.4, -0.2) is 22.4 Å². The summed E-state index contributed by atoms with van der Waals surface area (Å²) in [5.41, 5.74) is 5.86. The molecule has 0 atom stereocenters. The fourth-order valence-electron chi connectivity index (χ4n) is 3.14. The molecular weight excluding hydrogens is 334 g/mol. The molecule has 0 aliphatic heterocycles. The van der Waals surface area contributed by atoms with Crippen LogP contribution in [0.15, 0.2) is 72.8 Å². The lowest BCUT2D eigenvalue weighted by Crippen LogP contribution is -2.25. The van der Waals surface area contributed by atoms with Gasteiger partial charge in [-0.3, -0.25) is 4.79 Å². The van der Waals surface area contributed by atoms with E-state index in [4.69, 9.17) is 0 Å². The number of nitrogens with one attached hydrogen (secondary N) is 2. The van der Waals surface area contributed by atoms with E-state index in [9.17, 15) is 4.79 Å². The number of rotatable bonds is 5. The molecule has 0 saturated carbocycles.